The normalized spacial score (nSPS) is 16.6. The average Bonchev–Trinajstić information content (AvgIpc) is 2.50. The zero-order valence-corrected chi connectivity index (χ0v) is 17.4. The van der Waals surface area contributed by atoms with Gasteiger partial charge in [0.1, 0.15) is 5.60 Å². The summed E-state index contributed by atoms with van der Waals surface area (Å²) < 4.78 is 32.9. The third-order valence-electron chi connectivity index (χ3n) is 3.89. The molecule has 2 rings (SSSR count). The van der Waals surface area contributed by atoms with Crippen molar-refractivity contribution < 1.29 is 17.9 Å². The van der Waals surface area contributed by atoms with Crippen LogP contribution in [-0.4, -0.2) is 44.1 Å². The lowest BCUT2D eigenvalue weighted by Gasteiger charge is -2.33. The summed E-state index contributed by atoms with van der Waals surface area (Å²) in [5.41, 5.74) is -0.168. The van der Waals surface area contributed by atoms with Gasteiger partial charge in [-0.2, -0.15) is 0 Å². The summed E-state index contributed by atoms with van der Waals surface area (Å²) >= 11 is 12.1. The minimum atomic E-state index is -3.60. The molecule has 1 N–H and O–H groups in total. The minimum Gasteiger partial charge on any atom is -0.444 e. The molecule has 1 aromatic carbocycles. The third-order valence-corrected chi connectivity index (χ3v) is 5.96. The maximum Gasteiger partial charge on any atom is 0.410 e. The van der Waals surface area contributed by atoms with Gasteiger partial charge in [0, 0.05) is 34.7 Å². The van der Waals surface area contributed by atoms with Crippen LogP contribution in [-0.2, 0) is 20.5 Å². The van der Waals surface area contributed by atoms with E-state index in [4.69, 9.17) is 27.9 Å². The van der Waals surface area contributed by atoms with Crippen LogP contribution in [0.4, 0.5) is 4.79 Å². The van der Waals surface area contributed by atoms with Gasteiger partial charge < -0.3 is 9.64 Å². The number of amides is 1. The zero-order chi connectivity index (χ0) is 19.5. The first-order valence-corrected chi connectivity index (χ1v) is 10.8. The third kappa shape index (κ3) is 6.30. The minimum absolute atomic E-state index is 0.236. The van der Waals surface area contributed by atoms with Crippen molar-refractivity contribution in [3.05, 3.63) is 33.8 Å². The van der Waals surface area contributed by atoms with Crippen molar-refractivity contribution in [2.45, 2.75) is 51.0 Å². The van der Waals surface area contributed by atoms with Crippen molar-refractivity contribution in [1.82, 2.24) is 9.62 Å². The second-order valence-electron chi connectivity index (χ2n) is 7.32. The number of hydrogen-bond donors (Lipinski definition) is 1. The maximum absolute atomic E-state index is 12.4. The number of benzene rings is 1. The van der Waals surface area contributed by atoms with Crippen molar-refractivity contribution in [1.29, 1.82) is 0 Å². The van der Waals surface area contributed by atoms with Crippen molar-refractivity contribution in [3.63, 3.8) is 0 Å². The Balaban J connectivity index is 1.91. The molecule has 0 spiro atoms. The standard InChI is InChI=1S/C17H24Cl2N2O4S/c1-17(2,3)25-16(22)21-9-7-12(8-10-21)20-26(23,24)11-13-14(18)5-4-6-15(13)19/h4-6,12,20H,7-11H2,1-3H3. The van der Waals surface area contributed by atoms with Crippen LogP contribution in [0.15, 0.2) is 18.2 Å². The van der Waals surface area contributed by atoms with Crippen LogP contribution < -0.4 is 4.72 Å². The highest BCUT2D eigenvalue weighted by Crippen LogP contribution is 2.26. The number of piperidine rings is 1. The van der Waals surface area contributed by atoms with Crippen molar-refractivity contribution in [3.8, 4) is 0 Å². The van der Waals surface area contributed by atoms with Gasteiger partial charge in [-0.25, -0.2) is 17.9 Å². The monoisotopic (exact) mass is 422 g/mol. The molecule has 0 aromatic heterocycles. The number of sulfonamides is 1. The number of nitrogens with one attached hydrogen (secondary N) is 1. The Kier molecular flexibility index (Phi) is 6.82. The summed E-state index contributed by atoms with van der Waals surface area (Å²) in [5, 5.41) is 0.644. The molecule has 6 nitrogen and oxygen atoms in total. The van der Waals surface area contributed by atoms with Gasteiger partial charge in [-0.3, -0.25) is 0 Å². The van der Waals surface area contributed by atoms with Crippen LogP contribution in [0, 0.1) is 0 Å². The fraction of sp³-hybridized carbons (Fsp3) is 0.588. The van der Waals surface area contributed by atoms with Gasteiger partial charge in [0.25, 0.3) is 0 Å². The number of likely N-dealkylation sites (tertiary alicyclic amines) is 1. The smallest absolute Gasteiger partial charge is 0.410 e. The summed E-state index contributed by atoms with van der Waals surface area (Å²) in [6, 6.07) is 4.65. The summed E-state index contributed by atoms with van der Waals surface area (Å²) in [7, 11) is -3.60. The highest BCUT2D eigenvalue weighted by molar-refractivity contribution is 7.88. The van der Waals surface area contributed by atoms with E-state index in [0.29, 0.717) is 41.5 Å². The fourth-order valence-electron chi connectivity index (χ4n) is 2.66. The van der Waals surface area contributed by atoms with Gasteiger partial charge >= 0.3 is 6.09 Å². The molecule has 26 heavy (non-hydrogen) atoms. The Hall–Kier alpha value is -1.02. The molecule has 1 amide bonds. The lowest BCUT2D eigenvalue weighted by Crippen LogP contribution is -2.47. The van der Waals surface area contributed by atoms with Crippen molar-refractivity contribution >= 4 is 39.3 Å². The first-order valence-electron chi connectivity index (χ1n) is 8.38. The highest BCUT2D eigenvalue weighted by Gasteiger charge is 2.29. The van der Waals surface area contributed by atoms with Crippen LogP contribution >= 0.6 is 23.2 Å². The van der Waals surface area contributed by atoms with E-state index in [0.717, 1.165) is 0 Å². The van der Waals surface area contributed by atoms with E-state index in [1.54, 1.807) is 23.1 Å². The van der Waals surface area contributed by atoms with E-state index in [1.807, 2.05) is 20.8 Å². The largest absolute Gasteiger partial charge is 0.444 e. The Labute approximate surface area is 164 Å². The van der Waals surface area contributed by atoms with E-state index in [2.05, 4.69) is 4.72 Å². The fourth-order valence-corrected chi connectivity index (χ4v) is 4.87. The van der Waals surface area contributed by atoms with Crippen LogP contribution in [0.2, 0.25) is 10.0 Å². The Morgan fingerprint density at radius 2 is 1.77 bits per heavy atom. The number of carbonyl (C=O) groups is 1. The van der Waals surface area contributed by atoms with E-state index >= 15 is 0 Å². The van der Waals surface area contributed by atoms with Gasteiger partial charge in [-0.05, 0) is 45.7 Å². The lowest BCUT2D eigenvalue weighted by atomic mass is 10.1. The second-order valence-corrected chi connectivity index (χ2v) is 9.89. The molecule has 0 saturated carbocycles. The molecule has 0 unspecified atom stereocenters. The molecule has 1 aromatic rings. The van der Waals surface area contributed by atoms with E-state index in [-0.39, 0.29) is 17.9 Å². The number of carbonyl (C=O) groups excluding carboxylic acids is 1. The first-order chi connectivity index (χ1) is 12.0. The van der Waals surface area contributed by atoms with Gasteiger partial charge in [0.15, 0.2) is 0 Å². The molecule has 0 aliphatic carbocycles. The number of rotatable bonds is 4. The molecule has 0 atom stereocenters. The summed E-state index contributed by atoms with van der Waals surface area (Å²) in [4.78, 5) is 13.7. The van der Waals surface area contributed by atoms with E-state index in [1.165, 1.54) is 0 Å². The van der Waals surface area contributed by atoms with Gasteiger partial charge in [-0.15, -0.1) is 0 Å². The molecule has 146 valence electrons. The molecular formula is C17H24Cl2N2O4S. The van der Waals surface area contributed by atoms with E-state index in [9.17, 15) is 13.2 Å². The molecule has 1 aliphatic heterocycles. The number of ether oxygens (including phenoxy) is 1. The predicted octanol–water partition coefficient (Wildman–Crippen LogP) is 3.81. The Bertz CT molecular complexity index is 734. The lowest BCUT2D eigenvalue weighted by molar-refractivity contribution is 0.0204. The topological polar surface area (TPSA) is 75.7 Å². The van der Waals surface area contributed by atoms with Gasteiger partial charge in [0.2, 0.25) is 10.0 Å². The number of halogens is 2. The molecule has 1 heterocycles. The Morgan fingerprint density at radius 3 is 2.27 bits per heavy atom. The molecule has 1 fully saturated rings. The summed E-state index contributed by atoms with van der Waals surface area (Å²) in [6.07, 6.45) is 0.672. The van der Waals surface area contributed by atoms with Crippen LogP contribution in [0.1, 0.15) is 39.2 Å². The summed E-state index contributed by atoms with van der Waals surface area (Å²) in [5.74, 6) is -0.280. The Morgan fingerprint density at radius 1 is 1.23 bits per heavy atom. The molecule has 9 heteroatoms. The quantitative estimate of drug-likeness (QED) is 0.799. The summed E-state index contributed by atoms with van der Waals surface area (Å²) in [6.45, 7) is 6.31. The molecule has 1 aliphatic rings. The predicted molar refractivity (Wildman–Crippen MR) is 103 cm³/mol. The molecular weight excluding hydrogens is 399 g/mol. The number of nitrogens with zero attached hydrogens (tertiary/aromatic N) is 1. The van der Waals surface area contributed by atoms with E-state index < -0.39 is 15.6 Å². The molecule has 0 bridgehead atoms. The van der Waals surface area contributed by atoms with Crippen LogP contribution in [0.5, 0.6) is 0 Å². The zero-order valence-electron chi connectivity index (χ0n) is 15.1. The maximum atomic E-state index is 12.4. The highest BCUT2D eigenvalue weighted by atomic mass is 35.5. The van der Waals surface area contributed by atoms with Crippen molar-refractivity contribution in [2.24, 2.45) is 0 Å². The second kappa shape index (κ2) is 8.33. The molecule has 1 saturated heterocycles. The number of hydrogen-bond acceptors (Lipinski definition) is 4. The van der Waals surface area contributed by atoms with Crippen LogP contribution in [0.3, 0.4) is 0 Å². The van der Waals surface area contributed by atoms with Crippen molar-refractivity contribution in [2.75, 3.05) is 13.1 Å². The first kappa shape index (κ1) is 21.3. The molecule has 0 radical (unpaired) electrons. The average molecular weight is 423 g/mol. The van der Waals surface area contributed by atoms with Crippen LogP contribution in [0.25, 0.3) is 0 Å². The van der Waals surface area contributed by atoms with Gasteiger partial charge in [0.05, 0.1) is 5.75 Å². The van der Waals surface area contributed by atoms with Gasteiger partial charge in [-0.1, -0.05) is 29.3 Å². The SMILES string of the molecule is CC(C)(C)OC(=O)N1CCC(NS(=O)(=O)Cc2c(Cl)cccc2Cl)CC1.